The van der Waals surface area contributed by atoms with Gasteiger partial charge in [-0.25, -0.2) is 9.97 Å². The van der Waals surface area contributed by atoms with E-state index in [1.54, 1.807) is 29.3 Å². The van der Waals surface area contributed by atoms with Crippen LogP contribution in [0.3, 0.4) is 0 Å². The van der Waals surface area contributed by atoms with Gasteiger partial charge in [0, 0.05) is 58.6 Å². The lowest BCUT2D eigenvalue weighted by Crippen LogP contribution is -2.49. The first-order valence-electron chi connectivity index (χ1n) is 9.50. The minimum absolute atomic E-state index is 0.0524. The molecule has 0 aromatic carbocycles. The summed E-state index contributed by atoms with van der Waals surface area (Å²) in [6.07, 6.45) is 3.13. The summed E-state index contributed by atoms with van der Waals surface area (Å²) in [5.74, 6) is 0.725. The van der Waals surface area contributed by atoms with Crippen molar-refractivity contribution in [2.45, 2.75) is 0 Å². The summed E-state index contributed by atoms with van der Waals surface area (Å²) in [6, 6.07) is 5.05. The van der Waals surface area contributed by atoms with Gasteiger partial charge in [0.15, 0.2) is 5.76 Å². The van der Waals surface area contributed by atoms with E-state index >= 15 is 0 Å². The first-order valence-corrected chi connectivity index (χ1v) is 9.50. The summed E-state index contributed by atoms with van der Waals surface area (Å²) < 4.78 is 5.19. The maximum absolute atomic E-state index is 12.7. The largest absolute Gasteiger partial charge is 0.459 e. The predicted molar refractivity (Wildman–Crippen MR) is 102 cm³/mol. The Morgan fingerprint density at radius 1 is 0.929 bits per heavy atom. The zero-order valence-corrected chi connectivity index (χ0v) is 16.0. The van der Waals surface area contributed by atoms with Crippen molar-refractivity contribution in [3.05, 3.63) is 42.1 Å². The fourth-order valence-electron chi connectivity index (χ4n) is 3.46. The van der Waals surface area contributed by atoms with E-state index in [2.05, 4.69) is 21.9 Å². The van der Waals surface area contributed by atoms with Gasteiger partial charge >= 0.3 is 0 Å². The first-order chi connectivity index (χ1) is 13.6. The zero-order valence-electron chi connectivity index (χ0n) is 16.0. The van der Waals surface area contributed by atoms with Crippen molar-refractivity contribution in [3.8, 4) is 0 Å². The highest BCUT2D eigenvalue weighted by Crippen LogP contribution is 2.15. The minimum atomic E-state index is -0.107. The summed E-state index contributed by atoms with van der Waals surface area (Å²) in [5.41, 5.74) is 0.420. The maximum atomic E-state index is 12.7. The van der Waals surface area contributed by atoms with Gasteiger partial charge in [0.05, 0.1) is 6.26 Å². The second-order valence-electron chi connectivity index (χ2n) is 7.09. The monoisotopic (exact) mass is 384 g/mol. The quantitative estimate of drug-likeness (QED) is 0.758. The molecule has 0 aliphatic carbocycles. The van der Waals surface area contributed by atoms with Gasteiger partial charge in [-0.05, 0) is 25.2 Å². The lowest BCUT2D eigenvalue weighted by atomic mass is 10.2. The third-order valence-corrected chi connectivity index (χ3v) is 5.23. The van der Waals surface area contributed by atoms with Gasteiger partial charge in [0.25, 0.3) is 11.8 Å². The number of rotatable bonds is 3. The highest BCUT2D eigenvalue weighted by atomic mass is 16.3. The third kappa shape index (κ3) is 3.84. The number of anilines is 1. The number of likely N-dealkylation sites (N-methyl/N-ethyl adjacent to an activating group) is 1. The summed E-state index contributed by atoms with van der Waals surface area (Å²) in [5, 5.41) is 0. The van der Waals surface area contributed by atoms with Crippen LogP contribution in [0.4, 0.5) is 5.95 Å². The molecule has 2 aliphatic rings. The van der Waals surface area contributed by atoms with Crippen molar-refractivity contribution in [1.82, 2.24) is 24.7 Å². The van der Waals surface area contributed by atoms with Crippen molar-refractivity contribution < 1.29 is 14.0 Å². The van der Waals surface area contributed by atoms with Crippen LogP contribution >= 0.6 is 0 Å². The number of amides is 2. The fourth-order valence-corrected chi connectivity index (χ4v) is 3.46. The predicted octanol–water partition coefficient (Wildman–Crippen LogP) is 0.420. The van der Waals surface area contributed by atoms with E-state index < -0.39 is 0 Å². The molecular weight excluding hydrogens is 360 g/mol. The number of hydrogen-bond donors (Lipinski definition) is 0. The van der Waals surface area contributed by atoms with Gasteiger partial charge in [-0.15, -0.1) is 0 Å². The average Bonchev–Trinajstić information content (AvgIpc) is 3.28. The van der Waals surface area contributed by atoms with Crippen LogP contribution in [-0.4, -0.2) is 95.9 Å². The molecule has 0 saturated carbocycles. The standard InChI is InChI=1S/C19H24N6O3/c1-22-6-8-23(9-7-22)17(26)15-4-5-20-19(21-15)25-12-10-24(11-13-25)18(27)16-3-2-14-28-16/h2-5,14H,6-13H2,1H3. The summed E-state index contributed by atoms with van der Waals surface area (Å²) in [4.78, 5) is 41.8. The lowest BCUT2D eigenvalue weighted by Gasteiger charge is -2.34. The number of hydrogen-bond acceptors (Lipinski definition) is 7. The molecule has 2 fully saturated rings. The molecule has 9 heteroatoms. The Kier molecular flexibility index (Phi) is 5.25. The molecule has 0 bridgehead atoms. The van der Waals surface area contributed by atoms with E-state index in [0.29, 0.717) is 56.7 Å². The number of carbonyl (C=O) groups excluding carboxylic acids is 2. The van der Waals surface area contributed by atoms with Crippen LogP contribution in [0.1, 0.15) is 21.0 Å². The number of aromatic nitrogens is 2. The molecule has 28 heavy (non-hydrogen) atoms. The molecule has 4 rings (SSSR count). The van der Waals surface area contributed by atoms with Crippen molar-refractivity contribution in [2.75, 3.05) is 64.3 Å². The second kappa shape index (κ2) is 7.97. The molecule has 2 saturated heterocycles. The molecule has 2 amide bonds. The molecule has 0 N–H and O–H groups in total. The number of piperazine rings is 2. The van der Waals surface area contributed by atoms with E-state index in [9.17, 15) is 9.59 Å². The summed E-state index contributed by atoms with van der Waals surface area (Å²) >= 11 is 0. The molecule has 2 aromatic heterocycles. The van der Waals surface area contributed by atoms with Crippen LogP contribution in [0.5, 0.6) is 0 Å². The van der Waals surface area contributed by atoms with Gasteiger partial charge in [-0.1, -0.05) is 0 Å². The number of furan rings is 1. The van der Waals surface area contributed by atoms with Crippen molar-refractivity contribution >= 4 is 17.8 Å². The maximum Gasteiger partial charge on any atom is 0.289 e. The van der Waals surface area contributed by atoms with Gasteiger partial charge in [-0.3, -0.25) is 9.59 Å². The van der Waals surface area contributed by atoms with Crippen molar-refractivity contribution in [2.24, 2.45) is 0 Å². The van der Waals surface area contributed by atoms with Crippen LogP contribution < -0.4 is 4.90 Å². The van der Waals surface area contributed by atoms with Gasteiger partial charge < -0.3 is 24.0 Å². The average molecular weight is 384 g/mol. The summed E-state index contributed by atoms with van der Waals surface area (Å²) in [7, 11) is 2.06. The van der Waals surface area contributed by atoms with Crippen LogP contribution in [0.25, 0.3) is 0 Å². The second-order valence-corrected chi connectivity index (χ2v) is 7.09. The highest BCUT2D eigenvalue weighted by molar-refractivity contribution is 5.93. The number of carbonyl (C=O) groups is 2. The molecule has 0 atom stereocenters. The Bertz CT molecular complexity index is 824. The molecule has 9 nitrogen and oxygen atoms in total. The molecular formula is C19H24N6O3. The van der Waals surface area contributed by atoms with Gasteiger partial charge in [0.1, 0.15) is 5.69 Å². The Morgan fingerprint density at radius 3 is 2.29 bits per heavy atom. The van der Waals surface area contributed by atoms with Crippen LogP contribution in [0.15, 0.2) is 35.1 Å². The van der Waals surface area contributed by atoms with E-state index in [1.807, 2.05) is 9.80 Å². The van der Waals surface area contributed by atoms with E-state index in [-0.39, 0.29) is 11.8 Å². The van der Waals surface area contributed by atoms with Crippen molar-refractivity contribution in [1.29, 1.82) is 0 Å². The van der Waals surface area contributed by atoms with Crippen LogP contribution in [0, 0.1) is 0 Å². The highest BCUT2D eigenvalue weighted by Gasteiger charge is 2.26. The first kappa shape index (κ1) is 18.4. The van der Waals surface area contributed by atoms with E-state index in [4.69, 9.17) is 4.42 Å². The Hall–Kier alpha value is -2.94. The number of nitrogens with zero attached hydrogens (tertiary/aromatic N) is 6. The fraction of sp³-hybridized carbons (Fsp3) is 0.474. The normalized spacial score (nSPS) is 18.4. The molecule has 2 aliphatic heterocycles. The molecule has 148 valence electrons. The smallest absolute Gasteiger partial charge is 0.289 e. The third-order valence-electron chi connectivity index (χ3n) is 5.23. The van der Waals surface area contributed by atoms with Gasteiger partial charge in [-0.2, -0.15) is 0 Å². The van der Waals surface area contributed by atoms with Crippen LogP contribution in [0.2, 0.25) is 0 Å². The van der Waals surface area contributed by atoms with Crippen LogP contribution in [-0.2, 0) is 0 Å². The molecule has 4 heterocycles. The zero-order chi connectivity index (χ0) is 19.5. The lowest BCUT2D eigenvalue weighted by molar-refractivity contribution is 0.0658. The minimum Gasteiger partial charge on any atom is -0.459 e. The van der Waals surface area contributed by atoms with Gasteiger partial charge in [0.2, 0.25) is 5.95 Å². The molecule has 0 spiro atoms. The van der Waals surface area contributed by atoms with E-state index in [1.165, 1.54) is 6.26 Å². The summed E-state index contributed by atoms with van der Waals surface area (Å²) in [6.45, 7) is 5.49. The Balaban J connectivity index is 1.38. The Labute approximate surface area is 163 Å². The topological polar surface area (TPSA) is 86.0 Å². The molecule has 0 radical (unpaired) electrons. The van der Waals surface area contributed by atoms with E-state index in [0.717, 1.165) is 13.1 Å². The molecule has 2 aromatic rings. The Morgan fingerprint density at radius 2 is 1.61 bits per heavy atom. The van der Waals surface area contributed by atoms with Crippen molar-refractivity contribution in [3.63, 3.8) is 0 Å². The SMILES string of the molecule is CN1CCN(C(=O)c2ccnc(N3CCN(C(=O)c4ccco4)CC3)n2)CC1. The molecule has 0 unspecified atom stereocenters.